The molecule has 0 atom stereocenters. The summed E-state index contributed by atoms with van der Waals surface area (Å²) in [5.41, 5.74) is 0.187. The third-order valence-electron chi connectivity index (χ3n) is 1.18. The molecule has 0 fully saturated rings. The summed E-state index contributed by atoms with van der Waals surface area (Å²) in [6.07, 6.45) is 0.725. The Morgan fingerprint density at radius 2 is 2.17 bits per heavy atom. The van der Waals surface area contributed by atoms with Crippen LogP contribution in [0, 0.1) is 0 Å². The van der Waals surface area contributed by atoms with Gasteiger partial charge in [0.1, 0.15) is 6.61 Å². The van der Waals surface area contributed by atoms with Crippen molar-refractivity contribution in [3.63, 3.8) is 0 Å². The van der Waals surface area contributed by atoms with Gasteiger partial charge in [-0.05, 0) is 13.8 Å². The predicted molar refractivity (Wildman–Crippen MR) is 43.8 cm³/mol. The van der Waals surface area contributed by atoms with Gasteiger partial charge >= 0.3 is 5.97 Å². The summed E-state index contributed by atoms with van der Waals surface area (Å²) < 4.78 is 9.64. The van der Waals surface area contributed by atoms with E-state index in [0.717, 1.165) is 6.26 Å². The second-order valence-electron chi connectivity index (χ2n) is 2.14. The van der Waals surface area contributed by atoms with Gasteiger partial charge < -0.3 is 14.6 Å². The summed E-state index contributed by atoms with van der Waals surface area (Å²) in [5, 5.41) is 8.41. The lowest BCUT2D eigenvalue weighted by atomic mass is 10.3. The first kappa shape index (κ1) is 11.0. The van der Waals surface area contributed by atoms with Crippen LogP contribution in [0.5, 0.6) is 0 Å². The SMILES string of the molecule is CCOCCOC(=O)C(C)=CO. The maximum Gasteiger partial charge on any atom is 0.336 e. The second-order valence-corrected chi connectivity index (χ2v) is 2.14. The highest BCUT2D eigenvalue weighted by Crippen LogP contribution is 1.94. The highest BCUT2D eigenvalue weighted by atomic mass is 16.6. The molecule has 0 spiro atoms. The van der Waals surface area contributed by atoms with E-state index in [-0.39, 0.29) is 12.2 Å². The first-order chi connectivity index (χ1) is 5.72. The molecule has 4 heteroatoms. The third-order valence-corrected chi connectivity index (χ3v) is 1.18. The standard InChI is InChI=1S/C8H14O4/c1-3-11-4-5-12-8(10)7(2)6-9/h6,9H,3-5H2,1-2H3. The molecule has 0 aromatic carbocycles. The van der Waals surface area contributed by atoms with Crippen molar-refractivity contribution in [2.24, 2.45) is 0 Å². The van der Waals surface area contributed by atoms with Crippen LogP contribution < -0.4 is 0 Å². The Bertz CT molecular complexity index is 162. The molecule has 1 N–H and O–H groups in total. The lowest BCUT2D eigenvalue weighted by Gasteiger charge is -2.03. The van der Waals surface area contributed by atoms with E-state index in [2.05, 4.69) is 0 Å². The van der Waals surface area contributed by atoms with E-state index in [9.17, 15) is 4.79 Å². The van der Waals surface area contributed by atoms with Gasteiger partial charge in [-0.25, -0.2) is 4.79 Å². The van der Waals surface area contributed by atoms with Crippen LogP contribution in [0.15, 0.2) is 11.8 Å². The summed E-state index contributed by atoms with van der Waals surface area (Å²) in [4.78, 5) is 10.8. The van der Waals surface area contributed by atoms with Crippen LogP contribution in [0.4, 0.5) is 0 Å². The van der Waals surface area contributed by atoms with Gasteiger partial charge in [0.25, 0.3) is 0 Å². The summed E-state index contributed by atoms with van der Waals surface area (Å²) in [6, 6.07) is 0. The lowest BCUT2D eigenvalue weighted by Crippen LogP contribution is -2.11. The minimum atomic E-state index is -0.516. The van der Waals surface area contributed by atoms with Crippen molar-refractivity contribution in [2.75, 3.05) is 19.8 Å². The average molecular weight is 174 g/mol. The Morgan fingerprint density at radius 1 is 1.50 bits per heavy atom. The molecule has 0 saturated carbocycles. The van der Waals surface area contributed by atoms with Gasteiger partial charge in [-0.2, -0.15) is 0 Å². The average Bonchev–Trinajstić information content (AvgIpc) is 2.10. The smallest absolute Gasteiger partial charge is 0.336 e. The molecule has 0 bridgehead atoms. The zero-order chi connectivity index (χ0) is 9.40. The van der Waals surface area contributed by atoms with Crippen molar-refractivity contribution in [1.82, 2.24) is 0 Å². The van der Waals surface area contributed by atoms with Gasteiger partial charge in [0, 0.05) is 6.61 Å². The molecule has 0 rings (SSSR count). The predicted octanol–water partition coefficient (Wildman–Crippen LogP) is 1.03. The van der Waals surface area contributed by atoms with Crippen LogP contribution in [0.1, 0.15) is 13.8 Å². The molecular weight excluding hydrogens is 160 g/mol. The number of carbonyl (C=O) groups is 1. The maximum absolute atomic E-state index is 10.8. The van der Waals surface area contributed by atoms with Gasteiger partial charge in [-0.15, -0.1) is 0 Å². The van der Waals surface area contributed by atoms with E-state index in [1.54, 1.807) is 0 Å². The van der Waals surface area contributed by atoms with Crippen LogP contribution in [0.3, 0.4) is 0 Å². The molecule has 0 unspecified atom stereocenters. The highest BCUT2D eigenvalue weighted by molar-refractivity contribution is 5.87. The van der Waals surface area contributed by atoms with E-state index in [1.165, 1.54) is 6.92 Å². The number of ether oxygens (including phenoxy) is 2. The normalized spacial score (nSPS) is 11.3. The fraction of sp³-hybridized carbons (Fsp3) is 0.625. The van der Waals surface area contributed by atoms with E-state index in [1.807, 2.05) is 6.92 Å². The second kappa shape index (κ2) is 6.67. The minimum Gasteiger partial charge on any atom is -0.515 e. The Labute approximate surface area is 71.8 Å². The van der Waals surface area contributed by atoms with Gasteiger partial charge in [-0.1, -0.05) is 0 Å². The summed E-state index contributed by atoms with van der Waals surface area (Å²) in [6.45, 7) is 4.55. The highest BCUT2D eigenvalue weighted by Gasteiger charge is 2.04. The molecule has 70 valence electrons. The third kappa shape index (κ3) is 4.73. The topological polar surface area (TPSA) is 55.8 Å². The number of aliphatic hydroxyl groups is 1. The van der Waals surface area contributed by atoms with Crippen LogP contribution >= 0.6 is 0 Å². The number of aliphatic hydroxyl groups excluding tert-OH is 1. The van der Waals surface area contributed by atoms with Crippen molar-refractivity contribution >= 4 is 5.97 Å². The zero-order valence-electron chi connectivity index (χ0n) is 7.37. The van der Waals surface area contributed by atoms with Crippen LogP contribution in [-0.4, -0.2) is 30.9 Å². The molecule has 0 amide bonds. The van der Waals surface area contributed by atoms with E-state index >= 15 is 0 Å². The van der Waals surface area contributed by atoms with E-state index in [4.69, 9.17) is 14.6 Å². The van der Waals surface area contributed by atoms with Gasteiger partial charge in [0.05, 0.1) is 18.4 Å². The fourth-order valence-electron chi connectivity index (χ4n) is 0.504. The monoisotopic (exact) mass is 174 g/mol. The van der Waals surface area contributed by atoms with Crippen molar-refractivity contribution in [3.8, 4) is 0 Å². The number of carbonyl (C=O) groups excluding carboxylic acids is 1. The first-order valence-corrected chi connectivity index (χ1v) is 3.78. The van der Waals surface area contributed by atoms with Crippen LogP contribution in [-0.2, 0) is 14.3 Å². The first-order valence-electron chi connectivity index (χ1n) is 3.78. The molecule has 0 radical (unpaired) electrons. The molecule has 0 aliphatic carbocycles. The molecule has 0 saturated heterocycles. The molecule has 0 heterocycles. The Morgan fingerprint density at radius 3 is 2.67 bits per heavy atom. The Hall–Kier alpha value is -1.03. The van der Waals surface area contributed by atoms with Crippen LogP contribution in [0.25, 0.3) is 0 Å². The van der Waals surface area contributed by atoms with E-state index in [0.29, 0.717) is 13.2 Å². The minimum absolute atomic E-state index is 0.187. The quantitative estimate of drug-likeness (QED) is 0.293. The number of rotatable bonds is 5. The summed E-state index contributed by atoms with van der Waals surface area (Å²) in [7, 11) is 0. The Kier molecular flexibility index (Phi) is 6.09. The lowest BCUT2D eigenvalue weighted by molar-refractivity contribution is -0.140. The molecule has 0 aliphatic heterocycles. The van der Waals surface area contributed by atoms with Gasteiger partial charge in [-0.3, -0.25) is 0 Å². The molecule has 0 aromatic rings. The van der Waals surface area contributed by atoms with Crippen molar-refractivity contribution in [1.29, 1.82) is 0 Å². The molecule has 12 heavy (non-hydrogen) atoms. The number of hydrogen-bond donors (Lipinski definition) is 1. The summed E-state index contributed by atoms with van der Waals surface area (Å²) in [5.74, 6) is -0.516. The van der Waals surface area contributed by atoms with Crippen molar-refractivity contribution < 1.29 is 19.4 Å². The maximum atomic E-state index is 10.8. The number of esters is 1. The van der Waals surface area contributed by atoms with Gasteiger partial charge in [0.2, 0.25) is 0 Å². The van der Waals surface area contributed by atoms with Crippen LogP contribution in [0.2, 0.25) is 0 Å². The summed E-state index contributed by atoms with van der Waals surface area (Å²) >= 11 is 0. The number of hydrogen-bond acceptors (Lipinski definition) is 4. The molecular formula is C8H14O4. The zero-order valence-corrected chi connectivity index (χ0v) is 7.37. The molecule has 4 nitrogen and oxygen atoms in total. The van der Waals surface area contributed by atoms with Crippen molar-refractivity contribution in [2.45, 2.75) is 13.8 Å². The van der Waals surface area contributed by atoms with Crippen molar-refractivity contribution in [3.05, 3.63) is 11.8 Å². The van der Waals surface area contributed by atoms with Gasteiger partial charge in [0.15, 0.2) is 0 Å². The van der Waals surface area contributed by atoms with E-state index < -0.39 is 5.97 Å². The molecule has 0 aromatic heterocycles. The largest absolute Gasteiger partial charge is 0.515 e. The Balaban J connectivity index is 3.45. The fourth-order valence-corrected chi connectivity index (χ4v) is 0.504. The molecule has 0 aliphatic rings.